The van der Waals surface area contributed by atoms with Gasteiger partial charge < -0.3 is 19.5 Å². The molecule has 10 heteroatoms. The van der Waals surface area contributed by atoms with Crippen molar-refractivity contribution in [2.45, 2.75) is 13.8 Å². The fourth-order valence-corrected chi connectivity index (χ4v) is 4.80. The van der Waals surface area contributed by atoms with Crippen molar-refractivity contribution >= 4 is 45.2 Å². The van der Waals surface area contributed by atoms with Crippen molar-refractivity contribution in [2.24, 2.45) is 0 Å². The minimum atomic E-state index is -0.563. The smallest absolute Gasteiger partial charge is 0.348 e. The largest absolute Gasteiger partial charge is 0.497 e. The molecule has 0 aliphatic heterocycles. The van der Waals surface area contributed by atoms with Crippen LogP contribution in [0.15, 0.2) is 35.8 Å². The first-order chi connectivity index (χ1) is 15.9. The van der Waals surface area contributed by atoms with E-state index in [1.165, 1.54) is 24.6 Å². The van der Waals surface area contributed by atoms with Crippen LogP contribution in [0.2, 0.25) is 0 Å². The molecule has 0 saturated heterocycles. The minimum Gasteiger partial charge on any atom is -0.497 e. The number of anilines is 1. The predicted octanol–water partition coefficient (Wildman–Crippen LogP) is 5.13. The maximum atomic E-state index is 12.5. The highest BCUT2D eigenvalue weighted by Crippen LogP contribution is 2.35. The van der Waals surface area contributed by atoms with E-state index in [9.17, 15) is 14.9 Å². The van der Waals surface area contributed by atoms with Crippen molar-refractivity contribution in [3.63, 3.8) is 0 Å². The van der Waals surface area contributed by atoms with Crippen LogP contribution >= 0.6 is 22.7 Å². The Kier molecular flexibility index (Phi) is 7.82. The van der Waals surface area contributed by atoms with Gasteiger partial charge in [-0.15, -0.1) is 22.7 Å². The second kappa shape index (κ2) is 10.8. The van der Waals surface area contributed by atoms with Gasteiger partial charge in [-0.25, -0.2) is 14.6 Å². The number of allylic oxidation sites excluding steroid dienone is 1. The molecule has 0 amide bonds. The van der Waals surface area contributed by atoms with E-state index in [0.717, 1.165) is 28.3 Å². The summed E-state index contributed by atoms with van der Waals surface area (Å²) in [5, 5.41) is 15.4. The number of thiazole rings is 1. The van der Waals surface area contributed by atoms with Gasteiger partial charge in [0.1, 0.15) is 32.3 Å². The Hall–Kier alpha value is -3.68. The number of ether oxygens (including phenoxy) is 3. The minimum absolute atomic E-state index is 0.188. The van der Waals surface area contributed by atoms with Crippen LogP contribution in [0.25, 0.3) is 16.8 Å². The van der Waals surface area contributed by atoms with Crippen molar-refractivity contribution in [2.75, 3.05) is 26.1 Å². The maximum Gasteiger partial charge on any atom is 0.348 e. The number of benzene rings is 1. The first kappa shape index (κ1) is 24.0. The Morgan fingerprint density at radius 1 is 1.21 bits per heavy atom. The zero-order valence-corrected chi connectivity index (χ0v) is 20.1. The molecule has 1 aromatic carbocycles. The quantitative estimate of drug-likeness (QED) is 0.347. The molecule has 8 nitrogen and oxygen atoms in total. The average molecular weight is 484 g/mol. The molecule has 2 aromatic heterocycles. The number of methoxy groups -OCH3 is 2. The molecular weight excluding hydrogens is 462 g/mol. The highest BCUT2D eigenvalue weighted by Gasteiger charge is 2.26. The molecule has 0 aliphatic carbocycles. The van der Waals surface area contributed by atoms with E-state index < -0.39 is 11.9 Å². The number of carbonyl (C=O) groups excluding carboxylic acids is 2. The lowest BCUT2D eigenvalue weighted by atomic mass is 10.1. The van der Waals surface area contributed by atoms with Crippen LogP contribution in [0, 0.1) is 18.3 Å². The van der Waals surface area contributed by atoms with Gasteiger partial charge in [-0.3, -0.25) is 0 Å². The van der Waals surface area contributed by atoms with Gasteiger partial charge in [0.25, 0.3) is 0 Å². The van der Waals surface area contributed by atoms with Crippen molar-refractivity contribution < 1.29 is 23.8 Å². The molecule has 0 spiro atoms. The number of hydrogen-bond acceptors (Lipinski definition) is 10. The van der Waals surface area contributed by atoms with E-state index in [1.807, 2.05) is 29.6 Å². The predicted molar refractivity (Wildman–Crippen MR) is 128 cm³/mol. The molecule has 0 fully saturated rings. The molecule has 0 radical (unpaired) electrons. The molecule has 3 rings (SSSR count). The Morgan fingerprint density at radius 2 is 1.94 bits per heavy atom. The van der Waals surface area contributed by atoms with Gasteiger partial charge in [0.2, 0.25) is 0 Å². The highest BCUT2D eigenvalue weighted by atomic mass is 32.1. The second-order valence-electron chi connectivity index (χ2n) is 6.55. The van der Waals surface area contributed by atoms with Crippen LogP contribution in [-0.2, 0) is 9.47 Å². The third-order valence-electron chi connectivity index (χ3n) is 4.59. The maximum absolute atomic E-state index is 12.5. The number of thiophene rings is 1. The summed E-state index contributed by atoms with van der Waals surface area (Å²) in [4.78, 5) is 29.4. The third-order valence-corrected chi connectivity index (χ3v) is 6.66. The standard InChI is InChI=1S/C23H21N3O5S2/c1-5-31-22(27)18-13(2)19(23(28)30-4)33-21(18)25-11-15(10-24)20-26-17(12-32-20)14-6-8-16(29-3)9-7-14/h6-9,11-12,25H,5H2,1-4H3/b15-11-. The topological polar surface area (TPSA) is 111 Å². The SMILES string of the molecule is CCOC(=O)c1c(N/C=C(/C#N)c2nc(-c3ccc(OC)cc3)cs2)sc(C(=O)OC)c1C. The number of nitrogens with zero attached hydrogens (tertiary/aromatic N) is 2. The molecule has 0 unspecified atom stereocenters. The van der Waals surface area contributed by atoms with Gasteiger partial charge in [0.15, 0.2) is 0 Å². The fraction of sp³-hybridized carbons (Fsp3) is 0.217. The molecule has 3 aromatic rings. The Bertz CT molecular complexity index is 1240. The number of esters is 2. The monoisotopic (exact) mass is 483 g/mol. The molecule has 0 aliphatic rings. The van der Waals surface area contributed by atoms with Crippen LogP contribution in [0.5, 0.6) is 5.75 Å². The average Bonchev–Trinajstić information content (AvgIpc) is 3.44. The van der Waals surface area contributed by atoms with Crippen LogP contribution in [0.3, 0.4) is 0 Å². The normalized spacial score (nSPS) is 10.9. The van der Waals surface area contributed by atoms with E-state index in [-0.39, 0.29) is 22.6 Å². The summed E-state index contributed by atoms with van der Waals surface area (Å²) in [6.45, 7) is 3.54. The number of carbonyl (C=O) groups is 2. The summed E-state index contributed by atoms with van der Waals surface area (Å²) in [7, 11) is 2.87. The first-order valence-corrected chi connectivity index (χ1v) is 11.5. The van der Waals surface area contributed by atoms with Crippen molar-refractivity contribution in [1.82, 2.24) is 4.98 Å². The van der Waals surface area contributed by atoms with Crippen molar-refractivity contribution in [1.29, 1.82) is 5.26 Å². The van der Waals surface area contributed by atoms with E-state index in [0.29, 0.717) is 15.6 Å². The fourth-order valence-electron chi connectivity index (χ4n) is 2.92. The second-order valence-corrected chi connectivity index (χ2v) is 8.43. The third kappa shape index (κ3) is 5.22. The molecule has 170 valence electrons. The lowest BCUT2D eigenvalue weighted by Crippen LogP contribution is -2.08. The number of aromatic nitrogens is 1. The number of nitriles is 1. The summed E-state index contributed by atoms with van der Waals surface area (Å²) >= 11 is 2.38. The summed E-state index contributed by atoms with van der Waals surface area (Å²) in [5.41, 5.74) is 2.58. The van der Waals surface area contributed by atoms with Gasteiger partial charge in [-0.1, -0.05) is 0 Å². The molecule has 0 saturated carbocycles. The van der Waals surface area contributed by atoms with Crippen LogP contribution in [-0.4, -0.2) is 37.7 Å². The Labute approximate surface area is 199 Å². The van der Waals surface area contributed by atoms with Crippen LogP contribution < -0.4 is 10.1 Å². The summed E-state index contributed by atoms with van der Waals surface area (Å²) < 4.78 is 15.1. The van der Waals surface area contributed by atoms with Crippen LogP contribution in [0.1, 0.15) is 37.5 Å². The van der Waals surface area contributed by atoms with Crippen LogP contribution in [0.4, 0.5) is 5.00 Å². The van der Waals surface area contributed by atoms with Crippen molar-refractivity contribution in [3.8, 4) is 23.1 Å². The summed E-state index contributed by atoms with van der Waals surface area (Å²) in [6.07, 6.45) is 1.46. The lowest BCUT2D eigenvalue weighted by Gasteiger charge is -2.05. The van der Waals surface area contributed by atoms with Gasteiger partial charge in [-0.05, 0) is 43.7 Å². The van der Waals surface area contributed by atoms with E-state index in [4.69, 9.17) is 14.2 Å². The summed E-state index contributed by atoms with van der Waals surface area (Å²) in [5.74, 6) is -0.373. The number of nitrogens with one attached hydrogen (secondary N) is 1. The molecule has 2 heterocycles. The molecule has 0 bridgehead atoms. The van der Waals surface area contributed by atoms with Crippen molar-refractivity contribution in [3.05, 3.63) is 56.9 Å². The van der Waals surface area contributed by atoms with E-state index in [1.54, 1.807) is 21.0 Å². The Balaban J connectivity index is 1.91. The molecule has 33 heavy (non-hydrogen) atoms. The molecular formula is C23H21N3O5S2. The highest BCUT2D eigenvalue weighted by molar-refractivity contribution is 7.18. The Morgan fingerprint density at radius 3 is 2.55 bits per heavy atom. The lowest BCUT2D eigenvalue weighted by molar-refractivity contribution is 0.0527. The molecule has 0 atom stereocenters. The zero-order chi connectivity index (χ0) is 24.0. The molecule has 1 N–H and O–H groups in total. The van der Waals surface area contributed by atoms with E-state index in [2.05, 4.69) is 16.4 Å². The van der Waals surface area contributed by atoms with E-state index >= 15 is 0 Å². The van der Waals surface area contributed by atoms with Gasteiger partial charge in [-0.2, -0.15) is 5.26 Å². The first-order valence-electron chi connectivity index (χ1n) is 9.79. The van der Waals surface area contributed by atoms with Gasteiger partial charge in [0, 0.05) is 17.1 Å². The van der Waals surface area contributed by atoms with Gasteiger partial charge >= 0.3 is 11.9 Å². The summed E-state index contributed by atoms with van der Waals surface area (Å²) in [6, 6.07) is 9.58. The number of hydrogen-bond donors (Lipinski definition) is 1. The number of rotatable bonds is 8. The zero-order valence-electron chi connectivity index (χ0n) is 18.4. The van der Waals surface area contributed by atoms with Gasteiger partial charge in [0.05, 0.1) is 32.1 Å².